The summed E-state index contributed by atoms with van der Waals surface area (Å²) >= 11 is 0. The topological polar surface area (TPSA) is 84.3 Å². The summed E-state index contributed by atoms with van der Waals surface area (Å²) in [5.74, 6) is -0.575. The van der Waals surface area contributed by atoms with Crippen LogP contribution in [0.1, 0.15) is 28.9 Å². The number of amides is 2. The Hall–Kier alpha value is -2.96. The highest BCUT2D eigenvalue weighted by molar-refractivity contribution is 6.02. The van der Waals surface area contributed by atoms with Crippen molar-refractivity contribution >= 4 is 17.5 Å². The Kier molecular flexibility index (Phi) is 4.92. The number of nitrogens with one attached hydrogen (secondary N) is 1. The molecule has 1 saturated heterocycles. The van der Waals surface area contributed by atoms with Crippen molar-refractivity contribution in [1.29, 1.82) is 0 Å². The molecule has 0 radical (unpaired) electrons. The van der Waals surface area contributed by atoms with E-state index in [0.717, 1.165) is 23.1 Å². The van der Waals surface area contributed by atoms with Crippen LogP contribution in [0, 0.1) is 6.92 Å². The van der Waals surface area contributed by atoms with Crippen LogP contribution in [-0.4, -0.2) is 39.6 Å². The maximum Gasteiger partial charge on any atom is 0.276 e. The van der Waals surface area contributed by atoms with Gasteiger partial charge in [0.05, 0.1) is 0 Å². The average molecular weight is 340 g/mol. The zero-order valence-electron chi connectivity index (χ0n) is 14.1. The van der Waals surface area contributed by atoms with Gasteiger partial charge in [0.1, 0.15) is 12.2 Å². The molecule has 25 heavy (non-hydrogen) atoms. The lowest BCUT2D eigenvalue weighted by molar-refractivity contribution is -0.131. The number of aromatic nitrogens is 2. The maximum atomic E-state index is 12.3. The van der Waals surface area contributed by atoms with Crippen LogP contribution in [0.5, 0.6) is 0 Å². The van der Waals surface area contributed by atoms with Gasteiger partial charge in [-0.2, -0.15) is 5.10 Å². The normalized spacial score (nSPS) is 13.7. The Morgan fingerprint density at radius 2 is 1.76 bits per heavy atom. The van der Waals surface area contributed by atoms with E-state index in [-0.39, 0.29) is 18.1 Å². The summed E-state index contributed by atoms with van der Waals surface area (Å²) in [6.45, 7) is 3.23. The zero-order chi connectivity index (χ0) is 17.8. The fraction of sp³-hybridized carbons (Fsp3) is 0.333. The van der Waals surface area contributed by atoms with Gasteiger partial charge in [-0.1, -0.05) is 17.7 Å². The molecule has 1 aromatic heterocycles. The summed E-state index contributed by atoms with van der Waals surface area (Å²) in [7, 11) is 0. The molecule has 1 aliphatic heterocycles. The average Bonchev–Trinajstić information content (AvgIpc) is 3.13. The van der Waals surface area contributed by atoms with Crippen molar-refractivity contribution in [3.63, 3.8) is 0 Å². The number of anilines is 1. The van der Waals surface area contributed by atoms with Crippen LogP contribution in [0.4, 0.5) is 5.69 Å². The van der Waals surface area contributed by atoms with Crippen LogP contribution in [0.25, 0.3) is 0 Å². The van der Waals surface area contributed by atoms with Gasteiger partial charge in [-0.15, -0.1) is 0 Å². The molecular formula is C18H20N4O3. The molecule has 7 heteroatoms. The molecule has 130 valence electrons. The number of nitrogens with zero attached hydrogens (tertiary/aromatic N) is 3. The maximum absolute atomic E-state index is 12.3. The van der Waals surface area contributed by atoms with E-state index in [1.54, 1.807) is 17.0 Å². The van der Waals surface area contributed by atoms with Gasteiger partial charge in [0.2, 0.25) is 5.91 Å². The molecule has 0 unspecified atom stereocenters. The third-order valence-corrected chi connectivity index (χ3v) is 4.15. The van der Waals surface area contributed by atoms with E-state index in [0.29, 0.717) is 18.8 Å². The number of aryl methyl sites for hydroxylation is 1. The van der Waals surface area contributed by atoms with Crippen molar-refractivity contribution in [1.82, 2.24) is 14.7 Å². The summed E-state index contributed by atoms with van der Waals surface area (Å²) in [4.78, 5) is 38.2. The highest BCUT2D eigenvalue weighted by Crippen LogP contribution is 2.10. The molecule has 0 atom stereocenters. The van der Waals surface area contributed by atoms with Gasteiger partial charge in [-0.05, 0) is 38.0 Å². The second-order valence-corrected chi connectivity index (χ2v) is 6.12. The predicted octanol–water partition coefficient (Wildman–Crippen LogP) is 1.43. The van der Waals surface area contributed by atoms with Crippen molar-refractivity contribution < 1.29 is 9.59 Å². The first kappa shape index (κ1) is 16.9. The number of benzene rings is 1. The number of carbonyl (C=O) groups is 2. The number of hydrogen-bond acceptors (Lipinski definition) is 4. The summed E-state index contributed by atoms with van der Waals surface area (Å²) in [5.41, 5.74) is 1.42. The molecule has 0 spiro atoms. The van der Waals surface area contributed by atoms with Gasteiger partial charge >= 0.3 is 0 Å². The van der Waals surface area contributed by atoms with Crippen molar-refractivity contribution in [2.75, 3.05) is 18.4 Å². The molecule has 1 N–H and O–H groups in total. The summed E-state index contributed by atoms with van der Waals surface area (Å²) < 4.78 is 1.05. The monoisotopic (exact) mass is 340 g/mol. The molecule has 1 aromatic carbocycles. The summed E-state index contributed by atoms with van der Waals surface area (Å²) in [6.07, 6.45) is 1.96. The third kappa shape index (κ3) is 4.12. The number of carbonyl (C=O) groups excluding carboxylic acids is 2. The second-order valence-electron chi connectivity index (χ2n) is 6.12. The Bertz CT molecular complexity index is 836. The Morgan fingerprint density at radius 1 is 1.08 bits per heavy atom. The fourth-order valence-corrected chi connectivity index (χ4v) is 2.71. The second kappa shape index (κ2) is 7.29. The predicted molar refractivity (Wildman–Crippen MR) is 93.4 cm³/mol. The van der Waals surface area contributed by atoms with E-state index in [4.69, 9.17) is 0 Å². The number of rotatable bonds is 4. The van der Waals surface area contributed by atoms with E-state index >= 15 is 0 Å². The molecule has 2 amide bonds. The SMILES string of the molecule is Cc1ccc(NC(=O)c2ccc(=O)n(CC(=O)N3CCCC3)n2)cc1. The molecule has 0 aliphatic carbocycles. The number of likely N-dealkylation sites (tertiary alicyclic amines) is 1. The van der Waals surface area contributed by atoms with Gasteiger partial charge in [0, 0.05) is 24.8 Å². The van der Waals surface area contributed by atoms with E-state index in [1.165, 1.54) is 12.1 Å². The van der Waals surface area contributed by atoms with Gasteiger partial charge in [-0.25, -0.2) is 4.68 Å². The van der Waals surface area contributed by atoms with E-state index in [9.17, 15) is 14.4 Å². The molecule has 0 bridgehead atoms. The molecule has 2 aromatic rings. The largest absolute Gasteiger partial charge is 0.341 e. The Morgan fingerprint density at radius 3 is 2.44 bits per heavy atom. The molecule has 3 rings (SSSR count). The highest BCUT2D eigenvalue weighted by Gasteiger charge is 2.19. The molecule has 7 nitrogen and oxygen atoms in total. The minimum Gasteiger partial charge on any atom is -0.341 e. The quantitative estimate of drug-likeness (QED) is 0.912. The molecule has 2 heterocycles. The molecular weight excluding hydrogens is 320 g/mol. The van der Waals surface area contributed by atoms with Crippen LogP contribution < -0.4 is 10.9 Å². The van der Waals surface area contributed by atoms with Gasteiger partial charge in [-0.3, -0.25) is 14.4 Å². The van der Waals surface area contributed by atoms with Gasteiger partial charge in [0.25, 0.3) is 11.5 Å². The van der Waals surface area contributed by atoms with Crippen LogP contribution in [0.15, 0.2) is 41.2 Å². The molecule has 0 saturated carbocycles. The van der Waals surface area contributed by atoms with Gasteiger partial charge in [0.15, 0.2) is 0 Å². The Labute approximate surface area is 145 Å². The van der Waals surface area contributed by atoms with E-state index in [2.05, 4.69) is 10.4 Å². The summed E-state index contributed by atoms with van der Waals surface area (Å²) in [5, 5.41) is 6.77. The number of hydrogen-bond donors (Lipinski definition) is 1. The fourth-order valence-electron chi connectivity index (χ4n) is 2.71. The van der Waals surface area contributed by atoms with E-state index in [1.807, 2.05) is 19.1 Å². The van der Waals surface area contributed by atoms with Crippen LogP contribution in [0.2, 0.25) is 0 Å². The van der Waals surface area contributed by atoms with Crippen molar-refractivity contribution in [2.24, 2.45) is 0 Å². The third-order valence-electron chi connectivity index (χ3n) is 4.15. The van der Waals surface area contributed by atoms with Crippen LogP contribution in [-0.2, 0) is 11.3 Å². The first-order valence-electron chi connectivity index (χ1n) is 8.27. The zero-order valence-corrected chi connectivity index (χ0v) is 14.1. The Balaban J connectivity index is 1.73. The van der Waals surface area contributed by atoms with Gasteiger partial charge < -0.3 is 10.2 Å². The standard InChI is InChI=1S/C18H20N4O3/c1-13-4-6-14(7-5-13)19-18(25)15-8-9-16(23)22(20-15)12-17(24)21-10-2-3-11-21/h4-9H,2-3,10-12H2,1H3,(H,19,25). The first-order chi connectivity index (χ1) is 12.0. The van der Waals surface area contributed by atoms with Crippen LogP contribution >= 0.6 is 0 Å². The van der Waals surface area contributed by atoms with Crippen LogP contribution in [0.3, 0.4) is 0 Å². The van der Waals surface area contributed by atoms with Crippen molar-refractivity contribution in [2.45, 2.75) is 26.3 Å². The lowest BCUT2D eigenvalue weighted by Crippen LogP contribution is -2.36. The smallest absolute Gasteiger partial charge is 0.276 e. The van der Waals surface area contributed by atoms with Crippen molar-refractivity contribution in [3.8, 4) is 0 Å². The summed E-state index contributed by atoms with van der Waals surface area (Å²) in [6, 6.07) is 9.98. The van der Waals surface area contributed by atoms with Crippen molar-refractivity contribution in [3.05, 3.63) is 58.0 Å². The minimum absolute atomic E-state index is 0.0920. The highest BCUT2D eigenvalue weighted by atomic mass is 16.2. The molecule has 1 fully saturated rings. The lowest BCUT2D eigenvalue weighted by atomic mass is 10.2. The molecule has 1 aliphatic rings. The first-order valence-corrected chi connectivity index (χ1v) is 8.27. The lowest BCUT2D eigenvalue weighted by Gasteiger charge is -2.15. The minimum atomic E-state index is -0.425. The van der Waals surface area contributed by atoms with E-state index < -0.39 is 11.5 Å².